The van der Waals surface area contributed by atoms with Gasteiger partial charge >= 0.3 is 0 Å². The molecule has 0 bridgehead atoms. The van der Waals surface area contributed by atoms with Crippen molar-refractivity contribution in [3.63, 3.8) is 0 Å². The molecule has 0 saturated carbocycles. The number of ether oxygens (including phenoxy) is 1. The Hall–Kier alpha value is -2.49. The van der Waals surface area contributed by atoms with E-state index < -0.39 is 0 Å². The van der Waals surface area contributed by atoms with E-state index in [4.69, 9.17) is 4.74 Å². The van der Waals surface area contributed by atoms with Gasteiger partial charge in [0.05, 0.1) is 6.61 Å². The third-order valence-electron chi connectivity index (χ3n) is 2.87. The molecule has 104 valence electrons. The molecule has 0 atom stereocenters. The molecule has 2 N–H and O–H groups in total. The molecule has 0 aliphatic heterocycles. The fraction of sp³-hybridized carbons (Fsp3) is 0.188. The van der Waals surface area contributed by atoms with Crippen LogP contribution in [0.2, 0.25) is 0 Å². The molecule has 0 radical (unpaired) electrons. The number of hydrogen-bond acceptors (Lipinski definition) is 3. The minimum Gasteiger partial charge on any atom is -0.508 e. The van der Waals surface area contributed by atoms with E-state index in [1.807, 2.05) is 19.9 Å². The average molecular weight is 271 g/mol. The molecule has 4 nitrogen and oxygen atoms in total. The third kappa shape index (κ3) is 3.29. The number of nitrogens with one attached hydrogen (secondary N) is 1. The van der Waals surface area contributed by atoms with Gasteiger partial charge in [0.2, 0.25) is 0 Å². The van der Waals surface area contributed by atoms with Gasteiger partial charge in [0.15, 0.2) is 0 Å². The van der Waals surface area contributed by atoms with Gasteiger partial charge in [-0.25, -0.2) is 0 Å². The van der Waals surface area contributed by atoms with Gasteiger partial charge in [-0.2, -0.15) is 0 Å². The van der Waals surface area contributed by atoms with Crippen LogP contribution in [0.25, 0.3) is 0 Å². The molecule has 0 fully saturated rings. The summed E-state index contributed by atoms with van der Waals surface area (Å²) in [5.41, 5.74) is 2.01. The quantitative estimate of drug-likeness (QED) is 0.838. The third-order valence-corrected chi connectivity index (χ3v) is 2.87. The first-order valence-corrected chi connectivity index (χ1v) is 6.44. The molecular weight excluding hydrogens is 254 g/mol. The number of benzene rings is 2. The molecule has 0 heterocycles. The number of anilines is 1. The molecule has 0 aliphatic carbocycles. The number of carbonyl (C=O) groups is 1. The summed E-state index contributed by atoms with van der Waals surface area (Å²) in [7, 11) is 0. The minimum atomic E-state index is -0.208. The highest BCUT2D eigenvalue weighted by atomic mass is 16.5. The molecule has 0 saturated heterocycles. The van der Waals surface area contributed by atoms with Gasteiger partial charge < -0.3 is 15.2 Å². The van der Waals surface area contributed by atoms with Crippen LogP contribution in [-0.2, 0) is 0 Å². The van der Waals surface area contributed by atoms with Crippen LogP contribution >= 0.6 is 0 Å². The first kappa shape index (κ1) is 13.9. The summed E-state index contributed by atoms with van der Waals surface area (Å²) >= 11 is 0. The van der Waals surface area contributed by atoms with Crippen molar-refractivity contribution in [2.75, 3.05) is 11.9 Å². The van der Waals surface area contributed by atoms with Gasteiger partial charge in [0.25, 0.3) is 5.91 Å². The number of hydrogen-bond donors (Lipinski definition) is 2. The van der Waals surface area contributed by atoms with Crippen LogP contribution in [0.1, 0.15) is 22.8 Å². The van der Waals surface area contributed by atoms with Crippen molar-refractivity contribution in [2.24, 2.45) is 0 Å². The van der Waals surface area contributed by atoms with Crippen LogP contribution in [0.3, 0.4) is 0 Å². The van der Waals surface area contributed by atoms with E-state index in [-0.39, 0.29) is 11.7 Å². The zero-order valence-corrected chi connectivity index (χ0v) is 11.5. The van der Waals surface area contributed by atoms with E-state index in [1.54, 1.807) is 36.4 Å². The Morgan fingerprint density at radius 2 is 2.05 bits per heavy atom. The SMILES string of the molecule is CCOc1cccc(C(=O)Nc2ccc(O)cc2C)c1. The first-order valence-electron chi connectivity index (χ1n) is 6.44. The van der Waals surface area contributed by atoms with E-state index in [0.29, 0.717) is 23.6 Å². The lowest BCUT2D eigenvalue weighted by molar-refractivity contribution is 0.102. The van der Waals surface area contributed by atoms with Gasteiger partial charge in [-0.15, -0.1) is 0 Å². The van der Waals surface area contributed by atoms with E-state index in [2.05, 4.69) is 5.32 Å². The van der Waals surface area contributed by atoms with E-state index >= 15 is 0 Å². The smallest absolute Gasteiger partial charge is 0.255 e. The van der Waals surface area contributed by atoms with Crippen molar-refractivity contribution in [1.29, 1.82) is 0 Å². The second-order valence-electron chi connectivity index (χ2n) is 4.41. The van der Waals surface area contributed by atoms with Crippen LogP contribution in [0, 0.1) is 6.92 Å². The van der Waals surface area contributed by atoms with Crippen molar-refractivity contribution in [3.8, 4) is 11.5 Å². The molecule has 2 aromatic carbocycles. The Morgan fingerprint density at radius 3 is 2.75 bits per heavy atom. The molecule has 4 heteroatoms. The highest BCUT2D eigenvalue weighted by Gasteiger charge is 2.09. The van der Waals surface area contributed by atoms with Gasteiger partial charge in [-0.1, -0.05) is 6.07 Å². The number of phenols is 1. The molecule has 20 heavy (non-hydrogen) atoms. The Morgan fingerprint density at radius 1 is 1.25 bits per heavy atom. The Labute approximate surface area is 118 Å². The second kappa shape index (κ2) is 6.10. The number of rotatable bonds is 4. The van der Waals surface area contributed by atoms with Crippen LogP contribution in [-0.4, -0.2) is 17.6 Å². The van der Waals surface area contributed by atoms with E-state index in [0.717, 1.165) is 5.56 Å². The molecule has 2 aromatic rings. The maximum Gasteiger partial charge on any atom is 0.255 e. The molecule has 0 spiro atoms. The van der Waals surface area contributed by atoms with E-state index in [9.17, 15) is 9.90 Å². The summed E-state index contributed by atoms with van der Waals surface area (Å²) in [4.78, 5) is 12.2. The van der Waals surface area contributed by atoms with Gasteiger partial charge in [0.1, 0.15) is 11.5 Å². The summed E-state index contributed by atoms with van der Waals surface area (Å²) in [6.45, 7) is 4.28. The standard InChI is InChI=1S/C16H17NO3/c1-3-20-14-6-4-5-12(10-14)16(19)17-15-8-7-13(18)9-11(15)2/h4-10,18H,3H2,1-2H3,(H,17,19). The van der Waals surface area contributed by atoms with Crippen molar-refractivity contribution in [1.82, 2.24) is 0 Å². The second-order valence-corrected chi connectivity index (χ2v) is 4.41. The zero-order chi connectivity index (χ0) is 14.5. The predicted molar refractivity (Wildman–Crippen MR) is 78.4 cm³/mol. The van der Waals surface area contributed by atoms with Crippen LogP contribution < -0.4 is 10.1 Å². The Bertz CT molecular complexity index is 623. The number of aryl methyl sites for hydroxylation is 1. The monoisotopic (exact) mass is 271 g/mol. The summed E-state index contributed by atoms with van der Waals surface area (Å²) in [5, 5.41) is 12.2. The van der Waals surface area contributed by atoms with Gasteiger partial charge in [0, 0.05) is 11.3 Å². The molecule has 0 aromatic heterocycles. The molecular formula is C16H17NO3. The van der Waals surface area contributed by atoms with Crippen LogP contribution in [0.5, 0.6) is 11.5 Å². The average Bonchev–Trinajstić information content (AvgIpc) is 2.42. The van der Waals surface area contributed by atoms with Crippen molar-refractivity contribution < 1.29 is 14.6 Å². The number of aromatic hydroxyl groups is 1. The summed E-state index contributed by atoms with van der Waals surface area (Å²) in [6, 6.07) is 11.8. The Balaban J connectivity index is 2.17. The topological polar surface area (TPSA) is 58.6 Å². The highest BCUT2D eigenvalue weighted by Crippen LogP contribution is 2.21. The highest BCUT2D eigenvalue weighted by molar-refractivity contribution is 6.04. The maximum atomic E-state index is 12.2. The molecule has 0 aliphatic rings. The lowest BCUT2D eigenvalue weighted by Crippen LogP contribution is -2.12. The molecule has 0 unspecified atom stereocenters. The molecule has 2 rings (SSSR count). The van der Waals surface area contributed by atoms with Crippen LogP contribution in [0.15, 0.2) is 42.5 Å². The van der Waals surface area contributed by atoms with Crippen molar-refractivity contribution in [3.05, 3.63) is 53.6 Å². The maximum absolute atomic E-state index is 12.2. The Kier molecular flexibility index (Phi) is 4.25. The lowest BCUT2D eigenvalue weighted by Gasteiger charge is -2.10. The number of phenolic OH excluding ortho intramolecular Hbond substituents is 1. The summed E-state index contributed by atoms with van der Waals surface area (Å²) in [5.74, 6) is 0.641. The van der Waals surface area contributed by atoms with Crippen molar-refractivity contribution in [2.45, 2.75) is 13.8 Å². The first-order chi connectivity index (χ1) is 9.60. The van der Waals surface area contributed by atoms with Gasteiger partial charge in [-0.05, 0) is 55.8 Å². The predicted octanol–water partition coefficient (Wildman–Crippen LogP) is 3.35. The number of amides is 1. The summed E-state index contributed by atoms with van der Waals surface area (Å²) < 4.78 is 5.37. The molecule has 1 amide bonds. The fourth-order valence-corrected chi connectivity index (χ4v) is 1.88. The lowest BCUT2D eigenvalue weighted by atomic mass is 10.1. The van der Waals surface area contributed by atoms with E-state index in [1.165, 1.54) is 0 Å². The zero-order valence-electron chi connectivity index (χ0n) is 11.5. The number of carbonyl (C=O) groups excluding carboxylic acids is 1. The minimum absolute atomic E-state index is 0.179. The van der Waals surface area contributed by atoms with Gasteiger partial charge in [-0.3, -0.25) is 4.79 Å². The fourth-order valence-electron chi connectivity index (χ4n) is 1.88. The van der Waals surface area contributed by atoms with Crippen LogP contribution in [0.4, 0.5) is 5.69 Å². The summed E-state index contributed by atoms with van der Waals surface area (Å²) in [6.07, 6.45) is 0. The largest absolute Gasteiger partial charge is 0.508 e. The van der Waals surface area contributed by atoms with Crippen molar-refractivity contribution >= 4 is 11.6 Å². The normalized spacial score (nSPS) is 10.1.